The molecule has 0 aliphatic carbocycles. The first kappa shape index (κ1) is 21.9. The van der Waals surface area contributed by atoms with Crippen molar-refractivity contribution in [3.8, 4) is 0 Å². The SMILES string of the molecule is CNCCC(=O)Nc1ccc(C)c(S(=O)(=O)N2CCCCCC2)c1.Cl. The van der Waals surface area contributed by atoms with Crippen LogP contribution in [0.25, 0.3) is 0 Å². The van der Waals surface area contributed by atoms with E-state index in [0.29, 0.717) is 37.3 Å². The second-order valence-corrected chi connectivity index (χ2v) is 8.11. The van der Waals surface area contributed by atoms with Gasteiger partial charge in [0.05, 0.1) is 4.90 Å². The number of nitrogens with one attached hydrogen (secondary N) is 2. The van der Waals surface area contributed by atoms with Gasteiger partial charge in [-0.2, -0.15) is 4.31 Å². The van der Waals surface area contributed by atoms with Crippen LogP contribution in [0.4, 0.5) is 5.69 Å². The summed E-state index contributed by atoms with van der Waals surface area (Å²) in [5.74, 6) is -0.133. The second-order valence-electron chi connectivity index (χ2n) is 6.20. The molecule has 2 N–H and O–H groups in total. The quantitative estimate of drug-likeness (QED) is 0.783. The van der Waals surface area contributed by atoms with Crippen LogP contribution in [-0.4, -0.2) is 45.3 Å². The topological polar surface area (TPSA) is 78.5 Å². The first-order chi connectivity index (χ1) is 11.4. The van der Waals surface area contributed by atoms with Crippen molar-refractivity contribution in [1.82, 2.24) is 9.62 Å². The molecular weight excluding hydrogens is 362 g/mol. The highest BCUT2D eigenvalue weighted by Gasteiger charge is 2.27. The Kier molecular flexibility index (Phi) is 8.85. The van der Waals surface area contributed by atoms with Gasteiger partial charge >= 0.3 is 0 Å². The molecule has 1 aromatic rings. The Balaban J connectivity index is 0.00000312. The van der Waals surface area contributed by atoms with Crippen LogP contribution in [0, 0.1) is 6.92 Å². The van der Waals surface area contributed by atoms with Crippen molar-refractivity contribution in [3.63, 3.8) is 0 Å². The minimum absolute atomic E-state index is 0. The van der Waals surface area contributed by atoms with Crippen molar-refractivity contribution < 1.29 is 13.2 Å². The molecule has 1 saturated heterocycles. The summed E-state index contributed by atoms with van der Waals surface area (Å²) in [6.07, 6.45) is 4.30. The summed E-state index contributed by atoms with van der Waals surface area (Å²) in [6, 6.07) is 5.07. The fraction of sp³-hybridized carbons (Fsp3) is 0.588. The van der Waals surface area contributed by atoms with Crippen molar-refractivity contribution in [1.29, 1.82) is 0 Å². The summed E-state index contributed by atoms with van der Waals surface area (Å²) in [7, 11) is -1.74. The summed E-state index contributed by atoms with van der Waals surface area (Å²) in [5, 5.41) is 5.68. The molecule has 0 aromatic heterocycles. The van der Waals surface area contributed by atoms with E-state index >= 15 is 0 Å². The lowest BCUT2D eigenvalue weighted by molar-refractivity contribution is -0.116. The third kappa shape index (κ3) is 5.95. The van der Waals surface area contributed by atoms with Crippen LogP contribution < -0.4 is 10.6 Å². The zero-order chi connectivity index (χ0) is 17.6. The fourth-order valence-corrected chi connectivity index (χ4v) is 4.61. The lowest BCUT2D eigenvalue weighted by Crippen LogP contribution is -2.32. The lowest BCUT2D eigenvalue weighted by Gasteiger charge is -2.21. The molecule has 1 fully saturated rings. The molecule has 25 heavy (non-hydrogen) atoms. The van der Waals surface area contributed by atoms with Gasteiger partial charge in [0.25, 0.3) is 0 Å². The van der Waals surface area contributed by atoms with E-state index in [1.807, 2.05) is 0 Å². The van der Waals surface area contributed by atoms with Crippen molar-refractivity contribution in [2.75, 3.05) is 32.0 Å². The monoisotopic (exact) mass is 389 g/mol. The number of rotatable bonds is 6. The highest BCUT2D eigenvalue weighted by Crippen LogP contribution is 2.25. The number of nitrogens with zero attached hydrogens (tertiary/aromatic N) is 1. The van der Waals surface area contributed by atoms with Gasteiger partial charge in [-0.25, -0.2) is 8.42 Å². The van der Waals surface area contributed by atoms with E-state index in [1.165, 1.54) is 0 Å². The first-order valence-corrected chi connectivity index (χ1v) is 9.94. The third-order valence-electron chi connectivity index (χ3n) is 4.26. The first-order valence-electron chi connectivity index (χ1n) is 8.50. The normalized spacial score (nSPS) is 15.9. The maximum atomic E-state index is 13.0. The van der Waals surface area contributed by atoms with Gasteiger partial charge in [-0.3, -0.25) is 4.79 Å². The molecule has 1 aliphatic heterocycles. The number of sulfonamides is 1. The number of carbonyl (C=O) groups is 1. The van der Waals surface area contributed by atoms with Gasteiger partial charge in [-0.05, 0) is 44.5 Å². The molecule has 0 spiro atoms. The van der Waals surface area contributed by atoms with Crippen molar-refractivity contribution in [3.05, 3.63) is 23.8 Å². The van der Waals surface area contributed by atoms with E-state index in [-0.39, 0.29) is 23.2 Å². The Morgan fingerprint density at radius 3 is 2.40 bits per heavy atom. The van der Waals surface area contributed by atoms with E-state index in [2.05, 4.69) is 10.6 Å². The molecule has 0 unspecified atom stereocenters. The second kappa shape index (κ2) is 10.1. The summed E-state index contributed by atoms with van der Waals surface area (Å²) in [4.78, 5) is 12.1. The smallest absolute Gasteiger partial charge is 0.243 e. The molecule has 1 aromatic carbocycles. The molecule has 0 bridgehead atoms. The van der Waals surface area contributed by atoms with Crippen molar-refractivity contribution >= 4 is 34.0 Å². The summed E-state index contributed by atoms with van der Waals surface area (Å²) in [6.45, 7) is 3.51. The van der Waals surface area contributed by atoms with Gasteiger partial charge in [-0.1, -0.05) is 18.9 Å². The molecule has 1 aliphatic rings. The Bertz CT molecular complexity index is 672. The summed E-state index contributed by atoms with van der Waals surface area (Å²) < 4.78 is 27.5. The number of aryl methyl sites for hydroxylation is 1. The van der Waals surface area contributed by atoms with Gasteiger partial charge in [0, 0.05) is 31.7 Å². The van der Waals surface area contributed by atoms with Crippen molar-refractivity contribution in [2.24, 2.45) is 0 Å². The number of anilines is 1. The third-order valence-corrected chi connectivity index (χ3v) is 6.30. The molecule has 1 heterocycles. The molecule has 1 amide bonds. The molecule has 142 valence electrons. The lowest BCUT2D eigenvalue weighted by atomic mass is 10.2. The average molecular weight is 390 g/mol. The molecule has 6 nitrogen and oxygen atoms in total. The molecular formula is C17H28ClN3O3S. The van der Waals surface area contributed by atoms with Crippen LogP contribution in [0.15, 0.2) is 23.1 Å². The van der Waals surface area contributed by atoms with Gasteiger partial charge in [0.15, 0.2) is 0 Å². The maximum Gasteiger partial charge on any atom is 0.243 e. The average Bonchev–Trinajstić information content (AvgIpc) is 2.84. The van der Waals surface area contributed by atoms with Crippen LogP contribution >= 0.6 is 12.4 Å². The Labute approximate surface area is 156 Å². The minimum atomic E-state index is -3.52. The standard InChI is InChI=1S/C17H27N3O3S.ClH/c1-14-7-8-15(19-17(21)9-10-18-2)13-16(14)24(22,23)20-11-5-3-4-6-12-20;/h7-8,13,18H,3-6,9-12H2,1-2H3,(H,19,21);1H. The number of hydrogen-bond acceptors (Lipinski definition) is 4. The Morgan fingerprint density at radius 2 is 1.80 bits per heavy atom. The van der Waals surface area contributed by atoms with Gasteiger partial charge < -0.3 is 10.6 Å². The van der Waals surface area contributed by atoms with Gasteiger partial charge in [-0.15, -0.1) is 12.4 Å². The predicted molar refractivity (Wildman–Crippen MR) is 103 cm³/mol. The van der Waals surface area contributed by atoms with Crippen LogP contribution in [0.2, 0.25) is 0 Å². The fourth-order valence-electron chi connectivity index (χ4n) is 2.84. The highest BCUT2D eigenvalue weighted by atomic mass is 35.5. The van der Waals surface area contributed by atoms with Crippen molar-refractivity contribution in [2.45, 2.75) is 43.9 Å². The minimum Gasteiger partial charge on any atom is -0.326 e. The van der Waals surface area contributed by atoms with Gasteiger partial charge in [0.2, 0.25) is 15.9 Å². The summed E-state index contributed by atoms with van der Waals surface area (Å²) in [5.41, 5.74) is 1.22. The molecule has 2 rings (SSSR count). The van der Waals surface area contributed by atoms with Crippen LogP contribution in [0.3, 0.4) is 0 Å². The zero-order valence-corrected chi connectivity index (χ0v) is 16.5. The predicted octanol–water partition coefficient (Wildman–Crippen LogP) is 2.53. The molecule has 0 saturated carbocycles. The molecule has 8 heteroatoms. The van der Waals surface area contributed by atoms with E-state index in [9.17, 15) is 13.2 Å². The summed E-state index contributed by atoms with van der Waals surface area (Å²) >= 11 is 0. The van der Waals surface area contributed by atoms with Crippen LogP contribution in [-0.2, 0) is 14.8 Å². The number of amides is 1. The van der Waals surface area contributed by atoms with E-state index < -0.39 is 10.0 Å². The molecule has 0 atom stereocenters. The van der Waals surface area contributed by atoms with Crippen LogP contribution in [0.1, 0.15) is 37.7 Å². The van der Waals surface area contributed by atoms with Gasteiger partial charge in [0.1, 0.15) is 0 Å². The Hall–Kier alpha value is -1.15. The van der Waals surface area contributed by atoms with E-state index in [1.54, 1.807) is 36.5 Å². The van der Waals surface area contributed by atoms with E-state index in [0.717, 1.165) is 25.7 Å². The molecule has 0 radical (unpaired) electrons. The number of hydrogen-bond donors (Lipinski definition) is 2. The zero-order valence-electron chi connectivity index (χ0n) is 14.9. The van der Waals surface area contributed by atoms with Crippen LogP contribution in [0.5, 0.6) is 0 Å². The largest absolute Gasteiger partial charge is 0.326 e. The van der Waals surface area contributed by atoms with E-state index in [4.69, 9.17) is 0 Å². The highest BCUT2D eigenvalue weighted by molar-refractivity contribution is 7.89. The number of carbonyl (C=O) groups excluding carboxylic acids is 1. The number of benzene rings is 1. The Morgan fingerprint density at radius 1 is 1.16 bits per heavy atom. The maximum absolute atomic E-state index is 13.0. The number of halogens is 1.